The zero-order chi connectivity index (χ0) is 17.7. The summed E-state index contributed by atoms with van der Waals surface area (Å²) >= 11 is 0. The van der Waals surface area contributed by atoms with Gasteiger partial charge in [-0.15, -0.1) is 0 Å². The van der Waals surface area contributed by atoms with E-state index in [4.69, 9.17) is 0 Å². The second-order valence-corrected chi connectivity index (χ2v) is 6.24. The van der Waals surface area contributed by atoms with Crippen LogP contribution in [0.15, 0.2) is 47.5 Å². The van der Waals surface area contributed by atoms with E-state index in [9.17, 15) is 9.59 Å². The number of ketones is 1. The van der Waals surface area contributed by atoms with Crippen LogP contribution < -0.4 is 5.56 Å². The van der Waals surface area contributed by atoms with Gasteiger partial charge in [-0.1, -0.05) is 6.07 Å². The lowest BCUT2D eigenvalue weighted by Gasteiger charge is -2.09. The number of benzene rings is 1. The Morgan fingerprint density at radius 3 is 2.68 bits per heavy atom. The van der Waals surface area contributed by atoms with Gasteiger partial charge in [0.15, 0.2) is 11.4 Å². The SMILES string of the molecule is CC(=O)c1cc(C)cn2c(=O)cc(-c3ccc4nn(C)cc4c3)nc12. The number of carbonyl (C=O) groups is 1. The first-order valence-corrected chi connectivity index (χ1v) is 7.91. The third-order valence-corrected chi connectivity index (χ3v) is 4.19. The molecule has 0 aliphatic heterocycles. The highest BCUT2D eigenvalue weighted by Gasteiger charge is 2.13. The molecule has 0 radical (unpaired) electrons. The van der Waals surface area contributed by atoms with Gasteiger partial charge in [0.1, 0.15) is 0 Å². The van der Waals surface area contributed by atoms with Crippen molar-refractivity contribution in [2.75, 3.05) is 0 Å². The first-order valence-electron chi connectivity index (χ1n) is 7.91. The molecule has 6 heteroatoms. The predicted octanol–water partition coefficient (Wildman–Crippen LogP) is 2.76. The minimum atomic E-state index is -0.211. The Balaban J connectivity index is 2.01. The van der Waals surface area contributed by atoms with Crippen molar-refractivity contribution in [3.8, 4) is 11.3 Å². The number of rotatable bonds is 2. The summed E-state index contributed by atoms with van der Waals surface area (Å²) in [6.07, 6.45) is 3.61. The average molecular weight is 332 g/mol. The molecule has 25 heavy (non-hydrogen) atoms. The third kappa shape index (κ3) is 2.52. The topological polar surface area (TPSA) is 69.3 Å². The van der Waals surface area contributed by atoms with E-state index in [0.29, 0.717) is 16.9 Å². The molecule has 3 aromatic heterocycles. The standard InChI is InChI=1S/C19H16N4O2/c1-11-6-15(12(2)24)19-20-17(8-18(25)23(19)9-11)13-4-5-16-14(7-13)10-22(3)21-16/h4-10H,1-3H3. The Morgan fingerprint density at radius 1 is 1.12 bits per heavy atom. The maximum atomic E-state index is 12.6. The second kappa shape index (κ2) is 5.37. The Hall–Kier alpha value is -3.28. The molecule has 4 rings (SSSR count). The lowest BCUT2D eigenvalue weighted by molar-refractivity contribution is 0.101. The maximum absolute atomic E-state index is 12.6. The van der Waals surface area contributed by atoms with Crippen molar-refractivity contribution in [3.05, 3.63) is 64.2 Å². The summed E-state index contributed by atoms with van der Waals surface area (Å²) < 4.78 is 3.17. The first kappa shape index (κ1) is 15.3. The van der Waals surface area contributed by atoms with Crippen LogP contribution in [0.4, 0.5) is 0 Å². The molecule has 3 heterocycles. The normalized spacial score (nSPS) is 11.3. The van der Waals surface area contributed by atoms with E-state index in [-0.39, 0.29) is 11.3 Å². The van der Waals surface area contributed by atoms with Gasteiger partial charge in [-0.05, 0) is 37.6 Å². The van der Waals surface area contributed by atoms with Crippen LogP contribution in [0.2, 0.25) is 0 Å². The number of fused-ring (bicyclic) bond motifs is 2. The number of pyridine rings is 1. The lowest BCUT2D eigenvalue weighted by atomic mass is 10.1. The molecule has 0 atom stereocenters. The monoisotopic (exact) mass is 332 g/mol. The van der Waals surface area contributed by atoms with Crippen LogP contribution in [-0.4, -0.2) is 24.9 Å². The van der Waals surface area contributed by atoms with Crippen LogP contribution in [0.5, 0.6) is 0 Å². The number of aryl methyl sites for hydroxylation is 2. The highest BCUT2D eigenvalue weighted by atomic mass is 16.1. The highest BCUT2D eigenvalue weighted by Crippen LogP contribution is 2.23. The molecule has 124 valence electrons. The van der Waals surface area contributed by atoms with Crippen LogP contribution in [0.25, 0.3) is 27.8 Å². The summed E-state index contributed by atoms with van der Waals surface area (Å²) in [4.78, 5) is 29.1. The molecule has 0 saturated heterocycles. The Kier molecular flexibility index (Phi) is 3.28. The van der Waals surface area contributed by atoms with E-state index in [1.165, 1.54) is 17.4 Å². The minimum absolute atomic E-state index is 0.118. The van der Waals surface area contributed by atoms with Crippen molar-refractivity contribution in [2.24, 2.45) is 7.05 Å². The van der Waals surface area contributed by atoms with Gasteiger partial charge in [0.05, 0.1) is 16.8 Å². The zero-order valence-corrected chi connectivity index (χ0v) is 14.1. The molecule has 0 unspecified atom stereocenters. The smallest absolute Gasteiger partial charge is 0.258 e. The number of nitrogens with zero attached hydrogens (tertiary/aromatic N) is 4. The number of carbonyl (C=O) groups excluding carboxylic acids is 1. The molecule has 0 spiro atoms. The molecule has 1 aromatic carbocycles. The van der Waals surface area contributed by atoms with Crippen molar-refractivity contribution in [2.45, 2.75) is 13.8 Å². The molecule has 0 amide bonds. The molecule has 0 N–H and O–H groups in total. The molecular formula is C19H16N4O2. The molecule has 6 nitrogen and oxygen atoms in total. The molecule has 0 bridgehead atoms. The first-order chi connectivity index (χ1) is 11.9. The van der Waals surface area contributed by atoms with Crippen molar-refractivity contribution in [3.63, 3.8) is 0 Å². The van der Waals surface area contributed by atoms with Crippen LogP contribution in [0.1, 0.15) is 22.8 Å². The van der Waals surface area contributed by atoms with Gasteiger partial charge in [-0.2, -0.15) is 5.10 Å². The van der Waals surface area contributed by atoms with E-state index in [0.717, 1.165) is 22.0 Å². The largest absolute Gasteiger partial charge is 0.294 e. The van der Waals surface area contributed by atoms with Crippen LogP contribution in [0, 0.1) is 6.92 Å². The molecular weight excluding hydrogens is 316 g/mol. The molecule has 0 saturated carbocycles. The zero-order valence-electron chi connectivity index (χ0n) is 14.1. The Labute approximate surface area is 143 Å². The van der Waals surface area contributed by atoms with Gasteiger partial charge in [0, 0.05) is 36.5 Å². The fourth-order valence-electron chi connectivity index (χ4n) is 3.05. The Morgan fingerprint density at radius 2 is 1.92 bits per heavy atom. The van der Waals surface area contributed by atoms with Gasteiger partial charge in [-0.3, -0.25) is 18.7 Å². The van der Waals surface area contributed by atoms with E-state index in [1.807, 2.05) is 38.4 Å². The molecule has 4 aromatic rings. The van der Waals surface area contributed by atoms with Crippen molar-refractivity contribution in [1.82, 2.24) is 19.2 Å². The Bertz CT molecular complexity index is 1220. The third-order valence-electron chi connectivity index (χ3n) is 4.19. The van der Waals surface area contributed by atoms with Gasteiger partial charge < -0.3 is 0 Å². The number of hydrogen-bond acceptors (Lipinski definition) is 4. The molecule has 0 fully saturated rings. The van der Waals surface area contributed by atoms with Crippen LogP contribution in [0.3, 0.4) is 0 Å². The van der Waals surface area contributed by atoms with E-state index in [2.05, 4.69) is 10.1 Å². The van der Waals surface area contributed by atoms with Gasteiger partial charge in [-0.25, -0.2) is 4.98 Å². The van der Waals surface area contributed by atoms with Crippen molar-refractivity contribution >= 4 is 22.3 Å². The van der Waals surface area contributed by atoms with Gasteiger partial charge in [0.25, 0.3) is 5.56 Å². The van der Waals surface area contributed by atoms with Crippen molar-refractivity contribution in [1.29, 1.82) is 0 Å². The quantitative estimate of drug-likeness (QED) is 0.529. The summed E-state index contributed by atoms with van der Waals surface area (Å²) in [5.74, 6) is -0.118. The number of hydrogen-bond donors (Lipinski definition) is 0. The number of aromatic nitrogens is 4. The maximum Gasteiger partial charge on any atom is 0.258 e. The molecule has 0 aliphatic rings. The summed E-state index contributed by atoms with van der Waals surface area (Å²) in [6.45, 7) is 3.33. The van der Waals surface area contributed by atoms with Crippen LogP contribution in [-0.2, 0) is 7.05 Å². The van der Waals surface area contributed by atoms with Gasteiger partial charge in [0.2, 0.25) is 0 Å². The summed E-state index contributed by atoms with van der Waals surface area (Å²) in [5.41, 5.74) is 3.69. The summed E-state index contributed by atoms with van der Waals surface area (Å²) in [5, 5.41) is 5.32. The summed E-state index contributed by atoms with van der Waals surface area (Å²) in [6, 6.07) is 8.98. The highest BCUT2D eigenvalue weighted by molar-refractivity contribution is 6.00. The fourth-order valence-corrected chi connectivity index (χ4v) is 3.05. The predicted molar refractivity (Wildman–Crippen MR) is 95.9 cm³/mol. The second-order valence-electron chi connectivity index (χ2n) is 6.24. The van der Waals surface area contributed by atoms with Crippen molar-refractivity contribution < 1.29 is 4.79 Å². The lowest BCUT2D eigenvalue weighted by Crippen LogP contribution is -2.17. The van der Waals surface area contributed by atoms with Crippen LogP contribution >= 0.6 is 0 Å². The van der Waals surface area contributed by atoms with E-state index < -0.39 is 0 Å². The minimum Gasteiger partial charge on any atom is -0.294 e. The molecule has 0 aliphatic carbocycles. The van der Waals surface area contributed by atoms with E-state index >= 15 is 0 Å². The average Bonchev–Trinajstić information content (AvgIpc) is 2.93. The van der Waals surface area contributed by atoms with E-state index in [1.54, 1.807) is 16.9 Å². The fraction of sp³-hybridized carbons (Fsp3) is 0.158. The number of Topliss-reactive ketones (excluding diaryl/α,β-unsaturated/α-hetero) is 1. The summed E-state index contributed by atoms with van der Waals surface area (Å²) in [7, 11) is 1.86. The van der Waals surface area contributed by atoms with Gasteiger partial charge >= 0.3 is 0 Å².